The summed E-state index contributed by atoms with van der Waals surface area (Å²) in [5.41, 5.74) is 0.706. The number of hydrogen-bond donors (Lipinski definition) is 2. The summed E-state index contributed by atoms with van der Waals surface area (Å²) in [4.78, 5) is 36.0. The van der Waals surface area contributed by atoms with Crippen molar-refractivity contribution in [3.8, 4) is 5.75 Å². The van der Waals surface area contributed by atoms with Crippen LogP contribution in [-0.2, 0) is 14.4 Å². The van der Waals surface area contributed by atoms with Gasteiger partial charge < -0.3 is 14.9 Å². The molecule has 1 aromatic carbocycles. The van der Waals surface area contributed by atoms with E-state index >= 15 is 0 Å². The second-order valence-corrected chi connectivity index (χ2v) is 6.79. The number of carbonyl (C=O) groups excluding carboxylic acids is 1. The molecule has 0 radical (unpaired) electrons. The lowest BCUT2D eigenvalue weighted by Gasteiger charge is -2.22. The van der Waals surface area contributed by atoms with Crippen LogP contribution < -0.4 is 4.74 Å². The van der Waals surface area contributed by atoms with Gasteiger partial charge in [-0.3, -0.25) is 14.5 Å². The van der Waals surface area contributed by atoms with Gasteiger partial charge in [0, 0.05) is 6.42 Å². The minimum Gasteiger partial charge on any atom is -0.497 e. The van der Waals surface area contributed by atoms with Crippen LogP contribution >= 0.6 is 24.0 Å². The van der Waals surface area contributed by atoms with Crippen LogP contribution in [0.15, 0.2) is 29.2 Å². The summed E-state index contributed by atoms with van der Waals surface area (Å²) in [6.45, 7) is 0. The van der Waals surface area contributed by atoms with Crippen LogP contribution in [0.25, 0.3) is 6.08 Å². The molecule has 1 saturated heterocycles. The van der Waals surface area contributed by atoms with Gasteiger partial charge in [-0.05, 0) is 30.2 Å². The Kier molecular flexibility index (Phi) is 6.16. The van der Waals surface area contributed by atoms with Crippen molar-refractivity contribution in [2.75, 3.05) is 7.11 Å². The molecule has 1 fully saturated rings. The number of nitrogens with zero attached hydrogens (tertiary/aromatic N) is 1. The van der Waals surface area contributed by atoms with Gasteiger partial charge in [-0.2, -0.15) is 0 Å². The first-order chi connectivity index (χ1) is 11.8. The van der Waals surface area contributed by atoms with E-state index in [0.29, 0.717) is 11.3 Å². The number of ether oxygens (including phenoxy) is 1. The average molecular weight is 381 g/mol. The number of benzene rings is 1. The topological polar surface area (TPSA) is 104 Å². The molecule has 0 spiro atoms. The highest BCUT2D eigenvalue weighted by molar-refractivity contribution is 8.26. The predicted octanol–water partition coefficient (Wildman–Crippen LogP) is 2.21. The summed E-state index contributed by atoms with van der Waals surface area (Å²) >= 11 is 6.11. The van der Waals surface area contributed by atoms with Crippen LogP contribution in [-0.4, -0.2) is 50.4 Å². The van der Waals surface area contributed by atoms with Gasteiger partial charge in [-0.25, -0.2) is 4.79 Å². The van der Waals surface area contributed by atoms with Gasteiger partial charge in [-0.15, -0.1) is 0 Å². The number of methoxy groups -OCH3 is 1. The smallest absolute Gasteiger partial charge is 0.326 e. The second-order valence-electron chi connectivity index (χ2n) is 5.11. The van der Waals surface area contributed by atoms with Crippen LogP contribution in [0.1, 0.15) is 18.4 Å². The monoisotopic (exact) mass is 381 g/mol. The number of thioether (sulfide) groups is 1. The van der Waals surface area contributed by atoms with Crippen LogP contribution in [0.4, 0.5) is 0 Å². The molecular weight excluding hydrogens is 366 g/mol. The Balaban J connectivity index is 2.26. The van der Waals surface area contributed by atoms with Crippen LogP contribution in [0.5, 0.6) is 5.75 Å². The molecule has 2 N–H and O–H groups in total. The molecule has 1 aliphatic rings. The number of carboxylic acid groups (broad SMARTS) is 2. The number of carbonyl (C=O) groups is 3. The van der Waals surface area contributed by atoms with Crippen molar-refractivity contribution in [2.45, 2.75) is 18.9 Å². The Bertz CT molecular complexity index is 761. The van der Waals surface area contributed by atoms with Crippen LogP contribution in [0, 0.1) is 0 Å². The zero-order valence-corrected chi connectivity index (χ0v) is 14.8. The van der Waals surface area contributed by atoms with E-state index in [1.54, 1.807) is 30.3 Å². The Morgan fingerprint density at radius 2 is 2.12 bits per heavy atom. The Morgan fingerprint density at radius 1 is 1.40 bits per heavy atom. The normalized spacial score (nSPS) is 17.0. The zero-order chi connectivity index (χ0) is 18.6. The van der Waals surface area contributed by atoms with E-state index in [1.165, 1.54) is 7.11 Å². The zero-order valence-electron chi connectivity index (χ0n) is 13.2. The van der Waals surface area contributed by atoms with E-state index in [9.17, 15) is 19.5 Å². The first-order valence-electron chi connectivity index (χ1n) is 7.19. The maximum absolute atomic E-state index is 12.6. The fraction of sp³-hybridized carbons (Fsp3) is 0.250. The third-order valence-electron chi connectivity index (χ3n) is 3.44. The molecule has 9 heteroatoms. The van der Waals surface area contributed by atoms with E-state index in [2.05, 4.69) is 0 Å². The maximum Gasteiger partial charge on any atom is 0.326 e. The maximum atomic E-state index is 12.6. The fourth-order valence-corrected chi connectivity index (χ4v) is 3.61. The van der Waals surface area contributed by atoms with Gasteiger partial charge in [0.15, 0.2) is 0 Å². The number of amides is 1. The van der Waals surface area contributed by atoms with Gasteiger partial charge in [0.25, 0.3) is 5.91 Å². The SMILES string of the molecule is COc1cccc(/C=C2/SC(=S)N(C(CCC(=O)O)C(=O)O)C2=O)c1. The van der Waals surface area contributed by atoms with E-state index < -0.39 is 23.9 Å². The standard InChI is InChI=1S/C16H15NO6S2/c1-23-10-4-2-3-9(7-10)8-12-14(20)17(16(24)25-12)11(15(21)22)5-6-13(18)19/h2-4,7-8,11H,5-6H2,1H3,(H,18,19)(H,21,22)/b12-8+. The largest absolute Gasteiger partial charge is 0.497 e. The summed E-state index contributed by atoms with van der Waals surface area (Å²) in [5.74, 6) is -2.35. The quantitative estimate of drug-likeness (QED) is 0.547. The molecule has 1 unspecified atom stereocenters. The van der Waals surface area contributed by atoms with Crippen molar-refractivity contribution in [3.05, 3.63) is 34.7 Å². The van der Waals surface area contributed by atoms with E-state index in [-0.39, 0.29) is 22.1 Å². The molecule has 2 rings (SSSR count). The van der Waals surface area contributed by atoms with Crippen LogP contribution in [0.3, 0.4) is 0 Å². The van der Waals surface area contributed by atoms with Gasteiger partial charge in [-0.1, -0.05) is 36.1 Å². The third kappa shape index (κ3) is 4.58. The van der Waals surface area contributed by atoms with Crippen molar-refractivity contribution < 1.29 is 29.3 Å². The molecule has 25 heavy (non-hydrogen) atoms. The lowest BCUT2D eigenvalue weighted by Crippen LogP contribution is -2.44. The molecule has 1 atom stereocenters. The second kappa shape index (κ2) is 8.13. The third-order valence-corrected chi connectivity index (χ3v) is 4.77. The van der Waals surface area contributed by atoms with E-state index in [4.69, 9.17) is 22.1 Å². The Labute approximate surface area is 153 Å². The number of aliphatic carboxylic acids is 2. The van der Waals surface area contributed by atoms with Gasteiger partial charge in [0.2, 0.25) is 0 Å². The number of thiocarbonyl (C=S) groups is 1. The highest BCUT2D eigenvalue weighted by Crippen LogP contribution is 2.35. The number of carboxylic acids is 2. The molecule has 1 aliphatic heterocycles. The lowest BCUT2D eigenvalue weighted by atomic mass is 10.1. The molecule has 1 amide bonds. The highest BCUT2D eigenvalue weighted by Gasteiger charge is 2.40. The van der Waals surface area contributed by atoms with Crippen LogP contribution in [0.2, 0.25) is 0 Å². The Morgan fingerprint density at radius 3 is 2.72 bits per heavy atom. The molecule has 1 aromatic rings. The average Bonchev–Trinajstić information content (AvgIpc) is 2.82. The van der Waals surface area contributed by atoms with Gasteiger partial charge in [0.1, 0.15) is 16.1 Å². The highest BCUT2D eigenvalue weighted by atomic mass is 32.2. The van der Waals surface area contributed by atoms with Crippen molar-refractivity contribution in [2.24, 2.45) is 0 Å². The van der Waals surface area contributed by atoms with E-state index in [0.717, 1.165) is 16.7 Å². The molecule has 0 saturated carbocycles. The van der Waals surface area contributed by atoms with E-state index in [1.807, 2.05) is 0 Å². The molecular formula is C16H15NO6S2. The Hall–Kier alpha value is -2.39. The lowest BCUT2D eigenvalue weighted by molar-refractivity contribution is -0.146. The summed E-state index contributed by atoms with van der Waals surface area (Å²) in [7, 11) is 1.53. The molecule has 0 bridgehead atoms. The molecule has 0 aromatic heterocycles. The molecule has 0 aliphatic carbocycles. The summed E-state index contributed by atoms with van der Waals surface area (Å²) in [5, 5.41) is 18.1. The van der Waals surface area contributed by atoms with Crippen molar-refractivity contribution >= 4 is 52.2 Å². The minimum absolute atomic E-state index is 0.0944. The first kappa shape index (κ1) is 18.9. The molecule has 7 nitrogen and oxygen atoms in total. The minimum atomic E-state index is -1.31. The van der Waals surface area contributed by atoms with Crippen molar-refractivity contribution in [3.63, 3.8) is 0 Å². The first-order valence-corrected chi connectivity index (χ1v) is 8.41. The fourth-order valence-electron chi connectivity index (χ4n) is 2.25. The molecule has 132 valence electrons. The number of hydrogen-bond acceptors (Lipinski definition) is 6. The summed E-state index contributed by atoms with van der Waals surface area (Å²) in [6.07, 6.45) is 1.00. The summed E-state index contributed by atoms with van der Waals surface area (Å²) < 4.78 is 5.22. The van der Waals surface area contributed by atoms with Crippen molar-refractivity contribution in [1.29, 1.82) is 0 Å². The molecule has 1 heterocycles. The predicted molar refractivity (Wildman–Crippen MR) is 96.3 cm³/mol. The number of rotatable bonds is 7. The summed E-state index contributed by atoms with van der Waals surface area (Å²) in [6, 6.07) is 5.72. The van der Waals surface area contributed by atoms with Gasteiger partial charge in [0.05, 0.1) is 12.0 Å². The van der Waals surface area contributed by atoms with Crippen molar-refractivity contribution in [1.82, 2.24) is 4.90 Å². The van der Waals surface area contributed by atoms with Gasteiger partial charge >= 0.3 is 11.9 Å².